The van der Waals surface area contributed by atoms with Crippen LogP contribution in [0, 0.1) is 0 Å². The lowest BCUT2D eigenvalue weighted by atomic mass is 10.3. The molecule has 17 heavy (non-hydrogen) atoms. The van der Waals surface area contributed by atoms with Gasteiger partial charge in [-0.2, -0.15) is 0 Å². The van der Waals surface area contributed by atoms with Gasteiger partial charge in [0, 0.05) is 18.3 Å². The fourth-order valence-electron chi connectivity index (χ4n) is 1.08. The van der Waals surface area contributed by atoms with E-state index in [1.165, 1.54) is 0 Å². The Hall–Kier alpha value is -1.67. The van der Waals surface area contributed by atoms with Crippen molar-refractivity contribution in [3.8, 4) is 0 Å². The zero-order chi connectivity index (χ0) is 12.7. The number of oxime groups is 1. The molecular weight excluding hydrogens is 244 g/mol. The van der Waals surface area contributed by atoms with Crippen LogP contribution in [0.3, 0.4) is 0 Å². The fourth-order valence-corrected chi connectivity index (χ4v) is 2.07. The molecule has 7 nitrogen and oxygen atoms in total. The number of nitrogens with one attached hydrogen (secondary N) is 1. The lowest BCUT2D eigenvalue weighted by molar-refractivity contribution is 0.317. The van der Waals surface area contributed by atoms with Gasteiger partial charge in [-0.05, 0) is 12.1 Å². The van der Waals surface area contributed by atoms with Gasteiger partial charge in [-0.15, -0.1) is 0 Å². The Labute approximate surface area is 99.4 Å². The number of pyridine rings is 1. The van der Waals surface area contributed by atoms with Crippen LogP contribution < -0.4 is 10.5 Å². The van der Waals surface area contributed by atoms with Gasteiger partial charge in [0.05, 0.1) is 12.3 Å². The Morgan fingerprint density at radius 2 is 2.29 bits per heavy atom. The maximum absolute atomic E-state index is 11.5. The van der Waals surface area contributed by atoms with Gasteiger partial charge in [0.1, 0.15) is 0 Å². The standard InChI is InChI=1S/C9H14N4O3S/c10-9(13-14)7-12-17(15,16)6-4-8-3-1-2-5-11-8/h1-3,5,12,14H,4,6-7H2,(H2,10,13). The first-order valence-corrected chi connectivity index (χ1v) is 6.52. The van der Waals surface area contributed by atoms with Crippen LogP contribution in [0.5, 0.6) is 0 Å². The Balaban J connectivity index is 2.45. The average Bonchev–Trinajstić information content (AvgIpc) is 2.35. The third kappa shape index (κ3) is 5.27. The predicted molar refractivity (Wildman–Crippen MR) is 63.1 cm³/mol. The number of aromatic nitrogens is 1. The van der Waals surface area contributed by atoms with E-state index in [-0.39, 0.29) is 18.1 Å². The number of sulfonamides is 1. The molecule has 1 heterocycles. The summed E-state index contributed by atoms with van der Waals surface area (Å²) in [6.07, 6.45) is 1.91. The fraction of sp³-hybridized carbons (Fsp3) is 0.333. The van der Waals surface area contributed by atoms with E-state index in [0.29, 0.717) is 12.1 Å². The number of hydrogen-bond acceptors (Lipinski definition) is 5. The van der Waals surface area contributed by atoms with Crippen molar-refractivity contribution in [1.29, 1.82) is 0 Å². The third-order valence-corrected chi connectivity index (χ3v) is 3.28. The van der Waals surface area contributed by atoms with Crippen molar-refractivity contribution in [3.05, 3.63) is 30.1 Å². The van der Waals surface area contributed by atoms with E-state index in [1.807, 2.05) is 0 Å². The summed E-state index contributed by atoms with van der Waals surface area (Å²) in [5.74, 6) is -0.283. The highest BCUT2D eigenvalue weighted by molar-refractivity contribution is 7.89. The van der Waals surface area contributed by atoms with Crippen LogP contribution in [0.4, 0.5) is 0 Å². The topological polar surface area (TPSA) is 118 Å². The molecule has 0 amide bonds. The lowest BCUT2D eigenvalue weighted by Gasteiger charge is -2.05. The van der Waals surface area contributed by atoms with Crippen LogP contribution in [-0.4, -0.2) is 36.7 Å². The van der Waals surface area contributed by atoms with Gasteiger partial charge in [0.25, 0.3) is 0 Å². The van der Waals surface area contributed by atoms with Crippen molar-refractivity contribution in [3.63, 3.8) is 0 Å². The summed E-state index contributed by atoms with van der Waals surface area (Å²) in [6.45, 7) is -0.207. The minimum atomic E-state index is -3.45. The maximum atomic E-state index is 11.5. The quantitative estimate of drug-likeness (QED) is 0.269. The van der Waals surface area contributed by atoms with Gasteiger partial charge in [-0.25, -0.2) is 13.1 Å². The molecular formula is C9H14N4O3S. The largest absolute Gasteiger partial charge is 0.409 e. The van der Waals surface area contributed by atoms with Crippen LogP contribution in [-0.2, 0) is 16.4 Å². The average molecular weight is 258 g/mol. The van der Waals surface area contributed by atoms with E-state index in [1.54, 1.807) is 24.4 Å². The van der Waals surface area contributed by atoms with Crippen LogP contribution in [0.1, 0.15) is 5.69 Å². The second-order valence-corrected chi connectivity index (χ2v) is 5.23. The molecule has 0 aliphatic carbocycles. The molecule has 0 aromatic carbocycles. The monoisotopic (exact) mass is 258 g/mol. The highest BCUT2D eigenvalue weighted by atomic mass is 32.2. The molecule has 1 rings (SSSR count). The van der Waals surface area contributed by atoms with Crippen molar-refractivity contribution < 1.29 is 13.6 Å². The van der Waals surface area contributed by atoms with Gasteiger partial charge in [-0.1, -0.05) is 11.2 Å². The van der Waals surface area contributed by atoms with Crippen LogP contribution >= 0.6 is 0 Å². The molecule has 0 unspecified atom stereocenters. The smallest absolute Gasteiger partial charge is 0.212 e. The van der Waals surface area contributed by atoms with Gasteiger partial charge >= 0.3 is 0 Å². The molecule has 4 N–H and O–H groups in total. The molecule has 1 aromatic rings. The zero-order valence-corrected chi connectivity index (χ0v) is 9.89. The molecule has 0 saturated carbocycles. The number of amidine groups is 1. The summed E-state index contributed by atoms with van der Waals surface area (Å²) in [7, 11) is -3.45. The molecule has 0 atom stereocenters. The molecule has 0 aliphatic heterocycles. The first-order valence-electron chi connectivity index (χ1n) is 4.87. The molecule has 94 valence electrons. The minimum Gasteiger partial charge on any atom is -0.409 e. The molecule has 0 saturated heterocycles. The van der Waals surface area contributed by atoms with E-state index >= 15 is 0 Å². The molecule has 0 spiro atoms. The van der Waals surface area contributed by atoms with Crippen molar-refractivity contribution in [1.82, 2.24) is 9.71 Å². The normalized spacial score (nSPS) is 12.6. The van der Waals surface area contributed by atoms with Crippen molar-refractivity contribution in [2.45, 2.75) is 6.42 Å². The minimum absolute atomic E-state index is 0.0945. The Morgan fingerprint density at radius 1 is 1.53 bits per heavy atom. The summed E-state index contributed by atoms with van der Waals surface area (Å²) in [4.78, 5) is 4.01. The van der Waals surface area contributed by atoms with Crippen LogP contribution in [0.15, 0.2) is 29.6 Å². The molecule has 0 bridgehead atoms. The lowest BCUT2D eigenvalue weighted by Crippen LogP contribution is -2.35. The Kier molecular flexibility index (Phi) is 4.85. The Bertz CT molecular complexity index is 472. The third-order valence-electron chi connectivity index (χ3n) is 1.95. The Morgan fingerprint density at radius 3 is 2.88 bits per heavy atom. The number of nitrogens with two attached hydrogens (primary N) is 1. The van der Waals surface area contributed by atoms with Crippen LogP contribution in [0.25, 0.3) is 0 Å². The summed E-state index contributed by atoms with van der Waals surface area (Å²) >= 11 is 0. The predicted octanol–water partition coefficient (Wildman–Crippen LogP) is -0.710. The van der Waals surface area contributed by atoms with E-state index in [0.717, 1.165) is 0 Å². The van der Waals surface area contributed by atoms with Gasteiger partial charge in [0.15, 0.2) is 5.84 Å². The van der Waals surface area contributed by atoms with E-state index in [2.05, 4.69) is 14.9 Å². The van der Waals surface area contributed by atoms with Gasteiger partial charge in [-0.3, -0.25) is 4.98 Å². The number of aryl methyl sites for hydroxylation is 1. The second-order valence-electron chi connectivity index (χ2n) is 3.30. The van der Waals surface area contributed by atoms with E-state index < -0.39 is 10.0 Å². The summed E-state index contributed by atoms with van der Waals surface area (Å²) in [6, 6.07) is 5.30. The highest BCUT2D eigenvalue weighted by Gasteiger charge is 2.11. The number of hydrogen-bond donors (Lipinski definition) is 3. The summed E-state index contributed by atoms with van der Waals surface area (Å²) in [5, 5.41) is 10.9. The highest BCUT2D eigenvalue weighted by Crippen LogP contribution is 1.97. The van der Waals surface area contributed by atoms with Crippen molar-refractivity contribution in [2.75, 3.05) is 12.3 Å². The number of nitrogens with zero attached hydrogens (tertiary/aromatic N) is 2. The van der Waals surface area contributed by atoms with Crippen molar-refractivity contribution in [2.24, 2.45) is 10.9 Å². The molecule has 0 radical (unpaired) electrons. The first kappa shape index (κ1) is 13.4. The number of rotatable bonds is 6. The molecule has 1 aromatic heterocycles. The molecule has 8 heteroatoms. The van der Waals surface area contributed by atoms with Gasteiger partial charge < -0.3 is 10.9 Å². The van der Waals surface area contributed by atoms with E-state index in [4.69, 9.17) is 10.9 Å². The van der Waals surface area contributed by atoms with Gasteiger partial charge in [0.2, 0.25) is 10.0 Å². The van der Waals surface area contributed by atoms with Crippen LogP contribution in [0.2, 0.25) is 0 Å². The SMILES string of the molecule is N/C(CNS(=O)(=O)CCc1ccccn1)=N/O. The molecule has 0 aliphatic rings. The maximum Gasteiger partial charge on any atom is 0.212 e. The molecule has 0 fully saturated rings. The first-order chi connectivity index (χ1) is 8.03. The summed E-state index contributed by atoms with van der Waals surface area (Å²) in [5.41, 5.74) is 5.84. The van der Waals surface area contributed by atoms with E-state index in [9.17, 15) is 8.42 Å². The summed E-state index contributed by atoms with van der Waals surface area (Å²) < 4.78 is 25.2. The second kappa shape index (κ2) is 6.16. The van der Waals surface area contributed by atoms with Crippen molar-refractivity contribution >= 4 is 15.9 Å². The zero-order valence-electron chi connectivity index (χ0n) is 9.07.